The summed E-state index contributed by atoms with van der Waals surface area (Å²) in [6.45, 7) is 4.55. The van der Waals surface area contributed by atoms with Crippen LogP contribution in [0.3, 0.4) is 0 Å². The molecule has 0 amide bonds. The van der Waals surface area contributed by atoms with Crippen molar-refractivity contribution in [3.63, 3.8) is 0 Å². The Kier molecular flexibility index (Phi) is 4.50. The van der Waals surface area contributed by atoms with E-state index in [1.54, 1.807) is 0 Å². The molecule has 0 radical (unpaired) electrons. The molecule has 0 heterocycles. The van der Waals surface area contributed by atoms with Gasteiger partial charge in [-0.2, -0.15) is 0 Å². The van der Waals surface area contributed by atoms with Crippen molar-refractivity contribution in [2.45, 2.75) is 63.8 Å². The van der Waals surface area contributed by atoms with Gasteiger partial charge in [-0.3, -0.25) is 0 Å². The normalized spacial score (nSPS) is 21.7. The zero-order chi connectivity index (χ0) is 13.2. The van der Waals surface area contributed by atoms with Gasteiger partial charge in [-0.05, 0) is 42.9 Å². The van der Waals surface area contributed by atoms with E-state index in [0.717, 1.165) is 12.8 Å². The molecule has 1 nitrogen and oxygen atoms in total. The average molecular weight is 310 g/mol. The zero-order valence-electron chi connectivity index (χ0n) is 11.5. The third-order valence-electron chi connectivity index (χ3n) is 4.42. The van der Waals surface area contributed by atoms with Crippen molar-refractivity contribution in [3.8, 4) is 0 Å². The zero-order valence-corrected chi connectivity index (χ0v) is 13.1. The number of halogens is 1. The summed E-state index contributed by atoms with van der Waals surface area (Å²) in [4.78, 5) is 0. The molecular weight excluding hydrogens is 286 g/mol. The van der Waals surface area contributed by atoms with Crippen molar-refractivity contribution >= 4 is 15.9 Å². The van der Waals surface area contributed by atoms with Crippen LogP contribution in [-0.4, -0.2) is 6.04 Å². The van der Waals surface area contributed by atoms with E-state index < -0.39 is 0 Å². The SMILES string of the molecule is CCCC1(CCC)c2c(Br)cccc2CCC1N. The van der Waals surface area contributed by atoms with Gasteiger partial charge in [0.2, 0.25) is 0 Å². The van der Waals surface area contributed by atoms with Crippen LogP contribution in [0.2, 0.25) is 0 Å². The van der Waals surface area contributed by atoms with Gasteiger partial charge in [0.05, 0.1) is 0 Å². The van der Waals surface area contributed by atoms with E-state index in [1.165, 1.54) is 41.3 Å². The van der Waals surface area contributed by atoms with Crippen molar-refractivity contribution in [1.82, 2.24) is 0 Å². The molecular formula is C16H24BrN. The van der Waals surface area contributed by atoms with Gasteiger partial charge in [0.1, 0.15) is 0 Å². The minimum Gasteiger partial charge on any atom is -0.327 e. The molecule has 0 saturated heterocycles. The van der Waals surface area contributed by atoms with Crippen LogP contribution >= 0.6 is 15.9 Å². The molecule has 0 bridgehead atoms. The van der Waals surface area contributed by atoms with Crippen LogP contribution in [0.25, 0.3) is 0 Å². The number of hydrogen-bond acceptors (Lipinski definition) is 1. The molecule has 1 aliphatic rings. The van der Waals surface area contributed by atoms with E-state index in [2.05, 4.69) is 48.0 Å². The van der Waals surface area contributed by atoms with Gasteiger partial charge in [0.15, 0.2) is 0 Å². The Labute approximate surface area is 119 Å². The Morgan fingerprint density at radius 3 is 2.56 bits per heavy atom. The van der Waals surface area contributed by atoms with Crippen LogP contribution in [0.4, 0.5) is 0 Å². The maximum Gasteiger partial charge on any atom is 0.0216 e. The smallest absolute Gasteiger partial charge is 0.0216 e. The highest BCUT2D eigenvalue weighted by atomic mass is 79.9. The summed E-state index contributed by atoms with van der Waals surface area (Å²) in [5.41, 5.74) is 9.75. The minimum atomic E-state index is 0.192. The van der Waals surface area contributed by atoms with Crippen molar-refractivity contribution in [2.75, 3.05) is 0 Å². The molecule has 0 spiro atoms. The molecule has 1 aliphatic carbocycles. The molecule has 1 atom stereocenters. The van der Waals surface area contributed by atoms with Crippen LogP contribution in [0.1, 0.15) is 57.1 Å². The maximum absolute atomic E-state index is 6.55. The Balaban J connectivity index is 2.56. The summed E-state index contributed by atoms with van der Waals surface area (Å²) in [5, 5.41) is 0. The van der Waals surface area contributed by atoms with Gasteiger partial charge < -0.3 is 5.73 Å². The van der Waals surface area contributed by atoms with E-state index in [9.17, 15) is 0 Å². The van der Waals surface area contributed by atoms with Crippen molar-refractivity contribution < 1.29 is 0 Å². The largest absolute Gasteiger partial charge is 0.327 e. The summed E-state index contributed by atoms with van der Waals surface area (Å²) >= 11 is 3.77. The first-order valence-corrected chi connectivity index (χ1v) is 7.98. The highest BCUT2D eigenvalue weighted by Gasteiger charge is 2.42. The van der Waals surface area contributed by atoms with E-state index >= 15 is 0 Å². The summed E-state index contributed by atoms with van der Waals surface area (Å²) in [6.07, 6.45) is 7.08. The van der Waals surface area contributed by atoms with Gasteiger partial charge in [0.25, 0.3) is 0 Å². The second-order valence-electron chi connectivity index (χ2n) is 5.58. The number of benzene rings is 1. The second-order valence-corrected chi connectivity index (χ2v) is 6.43. The lowest BCUT2D eigenvalue weighted by molar-refractivity contribution is 0.260. The Hall–Kier alpha value is -0.340. The predicted molar refractivity (Wildman–Crippen MR) is 81.9 cm³/mol. The summed E-state index contributed by atoms with van der Waals surface area (Å²) in [7, 11) is 0. The lowest BCUT2D eigenvalue weighted by atomic mass is 9.62. The summed E-state index contributed by atoms with van der Waals surface area (Å²) in [5.74, 6) is 0. The highest BCUT2D eigenvalue weighted by Crippen LogP contribution is 2.46. The molecule has 0 aliphatic heterocycles. The first kappa shape index (κ1) is 14.1. The third-order valence-corrected chi connectivity index (χ3v) is 5.09. The molecule has 2 heteroatoms. The Bertz CT molecular complexity index is 408. The predicted octanol–water partition coefficient (Wildman–Crippen LogP) is 4.56. The van der Waals surface area contributed by atoms with E-state index in [1.807, 2.05) is 0 Å². The first-order valence-electron chi connectivity index (χ1n) is 7.19. The van der Waals surface area contributed by atoms with Crippen LogP contribution in [0, 0.1) is 0 Å². The van der Waals surface area contributed by atoms with Crippen molar-refractivity contribution in [3.05, 3.63) is 33.8 Å². The number of aryl methyl sites for hydroxylation is 1. The van der Waals surface area contributed by atoms with Crippen LogP contribution in [0.5, 0.6) is 0 Å². The molecule has 100 valence electrons. The van der Waals surface area contributed by atoms with Crippen LogP contribution < -0.4 is 5.73 Å². The molecule has 0 saturated carbocycles. The fraction of sp³-hybridized carbons (Fsp3) is 0.625. The molecule has 1 aromatic carbocycles. The molecule has 0 aromatic heterocycles. The van der Waals surface area contributed by atoms with Crippen LogP contribution in [-0.2, 0) is 11.8 Å². The van der Waals surface area contributed by atoms with E-state index in [4.69, 9.17) is 5.73 Å². The van der Waals surface area contributed by atoms with Crippen molar-refractivity contribution in [1.29, 1.82) is 0 Å². The van der Waals surface area contributed by atoms with Crippen LogP contribution in [0.15, 0.2) is 22.7 Å². The fourth-order valence-corrected chi connectivity index (χ4v) is 4.55. The topological polar surface area (TPSA) is 26.0 Å². The van der Waals surface area contributed by atoms with E-state index in [-0.39, 0.29) is 5.41 Å². The Morgan fingerprint density at radius 2 is 1.94 bits per heavy atom. The Morgan fingerprint density at radius 1 is 1.28 bits per heavy atom. The molecule has 2 N–H and O–H groups in total. The van der Waals surface area contributed by atoms with E-state index in [0.29, 0.717) is 6.04 Å². The number of hydrogen-bond donors (Lipinski definition) is 1. The summed E-state index contributed by atoms with van der Waals surface area (Å²) < 4.78 is 1.26. The lowest BCUT2D eigenvalue weighted by Gasteiger charge is -2.45. The molecule has 18 heavy (non-hydrogen) atoms. The highest BCUT2D eigenvalue weighted by molar-refractivity contribution is 9.10. The van der Waals surface area contributed by atoms with Gasteiger partial charge in [-0.25, -0.2) is 0 Å². The molecule has 2 rings (SSSR count). The van der Waals surface area contributed by atoms with Gasteiger partial charge in [-0.15, -0.1) is 0 Å². The minimum absolute atomic E-state index is 0.192. The third kappa shape index (κ3) is 2.25. The molecule has 1 aromatic rings. The van der Waals surface area contributed by atoms with Crippen molar-refractivity contribution in [2.24, 2.45) is 5.73 Å². The standard InChI is InChI=1S/C16H24BrN/c1-3-10-16(11-4-2)14(18)9-8-12-6-5-7-13(17)15(12)16/h5-7,14H,3-4,8-11,18H2,1-2H3. The number of rotatable bonds is 4. The maximum atomic E-state index is 6.55. The number of fused-ring (bicyclic) bond motifs is 1. The molecule has 1 unspecified atom stereocenters. The fourth-order valence-electron chi connectivity index (χ4n) is 3.75. The first-order chi connectivity index (χ1) is 8.65. The second kappa shape index (κ2) is 5.75. The van der Waals surface area contributed by atoms with Gasteiger partial charge >= 0.3 is 0 Å². The average Bonchev–Trinajstić information content (AvgIpc) is 2.34. The lowest BCUT2D eigenvalue weighted by Crippen LogP contribution is -2.49. The summed E-state index contributed by atoms with van der Waals surface area (Å²) in [6, 6.07) is 6.93. The monoisotopic (exact) mass is 309 g/mol. The van der Waals surface area contributed by atoms with Gasteiger partial charge in [0, 0.05) is 15.9 Å². The quantitative estimate of drug-likeness (QED) is 0.867. The number of nitrogens with two attached hydrogens (primary N) is 1. The van der Waals surface area contributed by atoms with Gasteiger partial charge in [-0.1, -0.05) is 54.8 Å². The molecule has 0 fully saturated rings.